The molecule has 0 spiro atoms. The Kier molecular flexibility index (Phi) is 3.63. The third kappa shape index (κ3) is 3.13. The molecular weight excluding hydrogens is 323 g/mol. The lowest BCUT2D eigenvalue weighted by Crippen LogP contribution is -2.16. The van der Waals surface area contributed by atoms with Crippen LogP contribution in [0.4, 0.5) is 15.9 Å². The van der Waals surface area contributed by atoms with Crippen molar-refractivity contribution < 1.29 is 21.2 Å². The molecule has 2 aromatic rings. The topological polar surface area (TPSA) is 135 Å². The average Bonchev–Trinajstić information content (AvgIpc) is 2.73. The van der Waals surface area contributed by atoms with Crippen molar-refractivity contribution in [1.29, 1.82) is 0 Å². The van der Waals surface area contributed by atoms with Crippen LogP contribution in [-0.4, -0.2) is 33.3 Å². The number of hydrogen-bond donors (Lipinski definition) is 3. The molecule has 0 bridgehead atoms. The van der Waals surface area contributed by atoms with Crippen LogP contribution in [0.15, 0.2) is 34.2 Å². The van der Waals surface area contributed by atoms with Crippen molar-refractivity contribution in [1.82, 2.24) is 10.2 Å². The number of halogens is 1. The van der Waals surface area contributed by atoms with Gasteiger partial charge in [-0.15, -0.1) is 0 Å². The minimum Gasteiger partial charge on any atom is -0.394 e. The first-order valence-electron chi connectivity index (χ1n) is 5.42. The van der Waals surface area contributed by atoms with E-state index in [1.54, 1.807) is 0 Å². The van der Waals surface area contributed by atoms with Crippen molar-refractivity contribution >= 4 is 31.4 Å². The molecule has 0 atom stereocenters. The van der Waals surface area contributed by atoms with Gasteiger partial charge in [0.05, 0.1) is 16.8 Å². The molecular formula is C10H11FN4O4S2. The lowest BCUT2D eigenvalue weighted by molar-refractivity contribution is 0.567. The third-order valence-corrected chi connectivity index (χ3v) is 5.00. The summed E-state index contributed by atoms with van der Waals surface area (Å²) in [6, 6.07) is 2.48. The molecule has 0 unspecified atom stereocenters. The summed E-state index contributed by atoms with van der Waals surface area (Å²) in [6.07, 6.45) is 2.05. The number of hydrogen-bond acceptors (Lipinski definition) is 6. The molecule has 0 saturated heterocycles. The average molecular weight is 334 g/mol. The zero-order valence-corrected chi connectivity index (χ0v) is 12.3. The quantitative estimate of drug-likeness (QED) is 0.690. The summed E-state index contributed by atoms with van der Waals surface area (Å²) in [5.74, 6) is -1.23. The van der Waals surface area contributed by atoms with Crippen molar-refractivity contribution in [2.45, 2.75) is 9.79 Å². The summed E-state index contributed by atoms with van der Waals surface area (Å²) in [5.41, 5.74) is 5.46. The Labute approximate surface area is 120 Å². The van der Waals surface area contributed by atoms with Gasteiger partial charge in [0.1, 0.15) is 10.7 Å². The summed E-state index contributed by atoms with van der Waals surface area (Å²) < 4.78 is 62.8. The number of nitrogens with zero attached hydrogens (tertiary/aromatic N) is 1. The number of anilines is 2. The second-order valence-corrected chi connectivity index (χ2v) is 7.84. The first-order chi connectivity index (χ1) is 9.61. The number of H-pyrrole nitrogens is 1. The maximum Gasteiger partial charge on any atom is 0.266 e. The first kappa shape index (κ1) is 15.3. The fourth-order valence-corrected chi connectivity index (χ4v) is 3.36. The Balaban J connectivity index is 2.52. The van der Waals surface area contributed by atoms with Gasteiger partial charge in [-0.05, 0) is 18.2 Å². The van der Waals surface area contributed by atoms with Crippen LogP contribution in [0.5, 0.6) is 0 Å². The molecule has 0 saturated carbocycles. The van der Waals surface area contributed by atoms with Crippen molar-refractivity contribution in [2.75, 3.05) is 16.7 Å². The molecule has 1 aromatic heterocycles. The van der Waals surface area contributed by atoms with E-state index in [4.69, 9.17) is 5.73 Å². The smallest absolute Gasteiger partial charge is 0.266 e. The van der Waals surface area contributed by atoms with Crippen LogP contribution < -0.4 is 10.5 Å². The number of sulfone groups is 1. The van der Waals surface area contributed by atoms with Crippen LogP contribution in [0.3, 0.4) is 0 Å². The van der Waals surface area contributed by atoms with Gasteiger partial charge in [0.2, 0.25) is 0 Å². The van der Waals surface area contributed by atoms with Crippen LogP contribution in [0.25, 0.3) is 0 Å². The highest BCUT2D eigenvalue weighted by Gasteiger charge is 2.23. The number of aromatic amines is 1. The molecule has 0 aliphatic carbocycles. The molecule has 8 nitrogen and oxygen atoms in total. The Bertz CT molecular complexity index is 890. The van der Waals surface area contributed by atoms with E-state index in [0.29, 0.717) is 0 Å². The molecule has 0 aliphatic rings. The second kappa shape index (κ2) is 5.00. The fraction of sp³-hybridized carbons (Fsp3) is 0.100. The number of aromatic nitrogens is 2. The van der Waals surface area contributed by atoms with Gasteiger partial charge in [-0.3, -0.25) is 9.82 Å². The minimum atomic E-state index is -4.36. The molecule has 4 N–H and O–H groups in total. The molecule has 2 rings (SSSR count). The number of sulfonamides is 1. The van der Waals surface area contributed by atoms with Gasteiger partial charge in [-0.1, -0.05) is 0 Å². The van der Waals surface area contributed by atoms with E-state index in [1.807, 2.05) is 4.72 Å². The lowest BCUT2D eigenvalue weighted by atomic mass is 10.3. The van der Waals surface area contributed by atoms with E-state index in [1.165, 1.54) is 6.20 Å². The number of rotatable bonds is 4. The summed E-state index contributed by atoms with van der Waals surface area (Å²) >= 11 is 0. The third-order valence-electron chi connectivity index (χ3n) is 2.53. The molecule has 1 aromatic carbocycles. The van der Waals surface area contributed by atoms with Crippen molar-refractivity contribution in [3.05, 3.63) is 30.2 Å². The fourth-order valence-electron chi connectivity index (χ4n) is 1.49. The maximum atomic E-state index is 13.7. The zero-order valence-electron chi connectivity index (χ0n) is 10.7. The van der Waals surface area contributed by atoms with E-state index in [2.05, 4.69) is 10.2 Å². The molecule has 11 heteroatoms. The molecule has 1 heterocycles. The number of benzene rings is 1. The molecule has 0 fully saturated rings. The summed E-state index contributed by atoms with van der Waals surface area (Å²) in [5, 5.41) is 5.80. The minimum absolute atomic E-state index is 0.0123. The summed E-state index contributed by atoms with van der Waals surface area (Å²) in [4.78, 5) is -1.12. The van der Waals surface area contributed by atoms with E-state index >= 15 is 0 Å². The number of nitrogen functional groups attached to an aromatic ring is 1. The number of nitrogens with one attached hydrogen (secondary N) is 2. The predicted molar refractivity (Wildman–Crippen MR) is 73.3 cm³/mol. The van der Waals surface area contributed by atoms with E-state index in [-0.39, 0.29) is 16.4 Å². The van der Waals surface area contributed by atoms with Gasteiger partial charge in [-0.2, -0.15) is 5.10 Å². The second-order valence-electron chi connectivity index (χ2n) is 4.17. The Morgan fingerprint density at radius 1 is 1.29 bits per heavy atom. The van der Waals surface area contributed by atoms with E-state index in [0.717, 1.165) is 24.5 Å². The Morgan fingerprint density at radius 2 is 1.95 bits per heavy atom. The van der Waals surface area contributed by atoms with Gasteiger partial charge in [0.25, 0.3) is 10.0 Å². The van der Waals surface area contributed by atoms with E-state index < -0.39 is 30.6 Å². The van der Waals surface area contributed by atoms with Gasteiger partial charge < -0.3 is 5.73 Å². The molecule has 114 valence electrons. The zero-order chi connectivity index (χ0) is 15.8. The van der Waals surface area contributed by atoms with Crippen LogP contribution in [0.2, 0.25) is 0 Å². The molecule has 0 amide bonds. The van der Waals surface area contributed by atoms with Crippen LogP contribution in [0, 0.1) is 5.82 Å². The normalized spacial score (nSPS) is 12.3. The van der Waals surface area contributed by atoms with Crippen LogP contribution >= 0.6 is 0 Å². The van der Waals surface area contributed by atoms with Gasteiger partial charge >= 0.3 is 0 Å². The van der Waals surface area contributed by atoms with Crippen molar-refractivity contribution in [3.63, 3.8) is 0 Å². The number of nitrogens with two attached hydrogens (primary N) is 1. The van der Waals surface area contributed by atoms with Gasteiger partial charge in [0.15, 0.2) is 15.7 Å². The SMILES string of the molecule is CS(=O)(=O)c1ccc(F)c(S(=O)(=O)Nc2[nH]ncc2N)c1. The summed E-state index contributed by atoms with van der Waals surface area (Å²) in [7, 11) is -8.04. The van der Waals surface area contributed by atoms with E-state index in [9.17, 15) is 21.2 Å². The van der Waals surface area contributed by atoms with Gasteiger partial charge in [0, 0.05) is 6.26 Å². The predicted octanol–water partition coefficient (Wildman–Crippen LogP) is 0.335. The Morgan fingerprint density at radius 3 is 2.48 bits per heavy atom. The van der Waals surface area contributed by atoms with Crippen LogP contribution in [-0.2, 0) is 19.9 Å². The first-order valence-corrected chi connectivity index (χ1v) is 8.80. The standard InChI is InChI=1S/C10H11FN4O4S2/c1-20(16,17)6-2-3-7(11)9(4-6)21(18,19)15-10-8(12)5-13-14-10/h2-5H,12H2,1H3,(H2,13,14,15). The molecule has 0 aliphatic heterocycles. The summed E-state index contributed by atoms with van der Waals surface area (Å²) in [6.45, 7) is 0. The largest absolute Gasteiger partial charge is 0.394 e. The van der Waals surface area contributed by atoms with Crippen LogP contribution in [0.1, 0.15) is 0 Å². The monoisotopic (exact) mass is 334 g/mol. The molecule has 0 radical (unpaired) electrons. The Hall–Kier alpha value is -2.14. The van der Waals surface area contributed by atoms with Crippen molar-refractivity contribution in [2.24, 2.45) is 0 Å². The highest BCUT2D eigenvalue weighted by Crippen LogP contribution is 2.23. The lowest BCUT2D eigenvalue weighted by Gasteiger charge is -2.09. The molecule has 21 heavy (non-hydrogen) atoms. The highest BCUT2D eigenvalue weighted by atomic mass is 32.2. The van der Waals surface area contributed by atoms with Crippen molar-refractivity contribution in [3.8, 4) is 0 Å². The highest BCUT2D eigenvalue weighted by molar-refractivity contribution is 7.93. The maximum absolute atomic E-state index is 13.7. The van der Waals surface area contributed by atoms with Gasteiger partial charge in [-0.25, -0.2) is 21.2 Å².